The summed E-state index contributed by atoms with van der Waals surface area (Å²) in [7, 11) is 0. The van der Waals surface area contributed by atoms with Crippen LogP contribution in [0.25, 0.3) is 0 Å². The molecule has 0 aliphatic heterocycles. The smallest absolute Gasteiger partial charge is 0.272 e. The number of hydrogen-bond donors (Lipinski definition) is 1. The fraction of sp³-hybridized carbons (Fsp3) is 0.625. The SMILES string of the molecule is CCN(CC)C(=O)c1cc(N(CCO)C2CCC2)ccn1. The summed E-state index contributed by atoms with van der Waals surface area (Å²) in [4.78, 5) is 20.6. The Hall–Kier alpha value is -1.62. The monoisotopic (exact) mass is 291 g/mol. The highest BCUT2D eigenvalue weighted by molar-refractivity contribution is 5.93. The number of rotatable bonds is 7. The van der Waals surface area contributed by atoms with Crippen LogP contribution in [0.1, 0.15) is 43.6 Å². The van der Waals surface area contributed by atoms with E-state index in [9.17, 15) is 9.90 Å². The molecule has 1 aromatic rings. The van der Waals surface area contributed by atoms with Crippen LogP contribution in [0.2, 0.25) is 0 Å². The molecule has 1 amide bonds. The van der Waals surface area contributed by atoms with Crippen molar-refractivity contribution in [3.05, 3.63) is 24.0 Å². The van der Waals surface area contributed by atoms with Crippen molar-refractivity contribution in [2.24, 2.45) is 0 Å². The van der Waals surface area contributed by atoms with Gasteiger partial charge in [0.05, 0.1) is 6.61 Å². The minimum Gasteiger partial charge on any atom is -0.395 e. The minimum atomic E-state index is -0.0283. The predicted octanol–water partition coefficient (Wildman–Crippen LogP) is 1.91. The number of aliphatic hydroxyl groups is 1. The number of aliphatic hydroxyl groups excluding tert-OH is 1. The Kier molecular flexibility index (Phi) is 5.56. The molecule has 0 aromatic carbocycles. The summed E-state index contributed by atoms with van der Waals surface area (Å²) >= 11 is 0. The number of anilines is 1. The third kappa shape index (κ3) is 3.53. The summed E-state index contributed by atoms with van der Waals surface area (Å²) in [5.74, 6) is -0.0283. The van der Waals surface area contributed by atoms with E-state index in [0.29, 0.717) is 31.4 Å². The van der Waals surface area contributed by atoms with E-state index in [4.69, 9.17) is 0 Å². The van der Waals surface area contributed by atoms with E-state index in [1.54, 1.807) is 11.1 Å². The van der Waals surface area contributed by atoms with Crippen molar-refractivity contribution in [3.63, 3.8) is 0 Å². The van der Waals surface area contributed by atoms with Gasteiger partial charge in [-0.3, -0.25) is 9.78 Å². The second-order valence-electron chi connectivity index (χ2n) is 5.38. The highest BCUT2D eigenvalue weighted by Gasteiger charge is 2.25. The highest BCUT2D eigenvalue weighted by Crippen LogP contribution is 2.29. The maximum Gasteiger partial charge on any atom is 0.272 e. The van der Waals surface area contributed by atoms with Gasteiger partial charge in [-0.2, -0.15) is 0 Å². The number of aromatic nitrogens is 1. The maximum atomic E-state index is 12.4. The lowest BCUT2D eigenvalue weighted by atomic mass is 9.91. The molecule has 1 aromatic heterocycles. The van der Waals surface area contributed by atoms with Gasteiger partial charge in [0.25, 0.3) is 5.91 Å². The standard InChI is InChI=1S/C16H25N3O2/c1-3-18(4-2)16(21)15-12-14(8-9-17-15)19(10-11-20)13-6-5-7-13/h8-9,12-13,20H,3-7,10-11H2,1-2H3. The number of carbonyl (C=O) groups is 1. The highest BCUT2D eigenvalue weighted by atomic mass is 16.3. The molecule has 1 aliphatic carbocycles. The normalized spacial score (nSPS) is 14.6. The van der Waals surface area contributed by atoms with Crippen LogP contribution >= 0.6 is 0 Å². The fourth-order valence-corrected chi connectivity index (χ4v) is 2.72. The quantitative estimate of drug-likeness (QED) is 0.834. The number of hydrogen-bond acceptors (Lipinski definition) is 4. The van der Waals surface area contributed by atoms with Gasteiger partial charge >= 0.3 is 0 Å². The Morgan fingerprint density at radius 3 is 2.62 bits per heavy atom. The fourth-order valence-electron chi connectivity index (χ4n) is 2.72. The summed E-state index contributed by atoms with van der Waals surface area (Å²) in [6, 6.07) is 4.26. The van der Waals surface area contributed by atoms with Gasteiger partial charge in [0, 0.05) is 37.6 Å². The lowest BCUT2D eigenvalue weighted by molar-refractivity contribution is 0.0767. The zero-order valence-corrected chi connectivity index (χ0v) is 13.0. The first-order chi connectivity index (χ1) is 10.2. The Labute approximate surface area is 126 Å². The van der Waals surface area contributed by atoms with Crippen molar-refractivity contribution in [1.29, 1.82) is 0 Å². The largest absolute Gasteiger partial charge is 0.395 e. The molecule has 1 aliphatic rings. The van der Waals surface area contributed by atoms with Gasteiger partial charge in [-0.15, -0.1) is 0 Å². The van der Waals surface area contributed by atoms with Crippen molar-refractivity contribution >= 4 is 11.6 Å². The van der Waals surface area contributed by atoms with Crippen LogP contribution in [0, 0.1) is 0 Å². The molecule has 1 saturated carbocycles. The van der Waals surface area contributed by atoms with Gasteiger partial charge in [-0.1, -0.05) is 0 Å². The van der Waals surface area contributed by atoms with Crippen LogP contribution in [0.3, 0.4) is 0 Å². The van der Waals surface area contributed by atoms with Crippen LogP contribution in [0.15, 0.2) is 18.3 Å². The topological polar surface area (TPSA) is 56.7 Å². The Morgan fingerprint density at radius 1 is 1.38 bits per heavy atom. The third-order valence-corrected chi connectivity index (χ3v) is 4.20. The first-order valence-corrected chi connectivity index (χ1v) is 7.84. The molecule has 1 fully saturated rings. The summed E-state index contributed by atoms with van der Waals surface area (Å²) in [6.45, 7) is 6.04. The average molecular weight is 291 g/mol. The van der Waals surface area contributed by atoms with Crippen LogP contribution in [0.4, 0.5) is 5.69 Å². The van der Waals surface area contributed by atoms with E-state index in [1.165, 1.54) is 6.42 Å². The lowest BCUT2D eigenvalue weighted by Crippen LogP contribution is -2.42. The lowest BCUT2D eigenvalue weighted by Gasteiger charge is -2.39. The van der Waals surface area contributed by atoms with E-state index in [0.717, 1.165) is 18.5 Å². The van der Waals surface area contributed by atoms with Gasteiger partial charge in [0.2, 0.25) is 0 Å². The molecular weight excluding hydrogens is 266 g/mol. The van der Waals surface area contributed by atoms with Crippen LogP contribution in [-0.4, -0.2) is 53.2 Å². The second kappa shape index (κ2) is 7.41. The number of amides is 1. The molecule has 1 heterocycles. The van der Waals surface area contributed by atoms with E-state index in [2.05, 4.69) is 9.88 Å². The first-order valence-electron chi connectivity index (χ1n) is 7.84. The Morgan fingerprint density at radius 2 is 2.10 bits per heavy atom. The first kappa shape index (κ1) is 15.8. The van der Waals surface area contributed by atoms with Crippen LogP contribution < -0.4 is 4.90 Å². The van der Waals surface area contributed by atoms with Crippen molar-refractivity contribution in [1.82, 2.24) is 9.88 Å². The molecule has 0 saturated heterocycles. The Bertz CT molecular complexity index is 470. The van der Waals surface area contributed by atoms with E-state index in [-0.39, 0.29) is 12.5 Å². The molecule has 0 atom stereocenters. The molecular formula is C16H25N3O2. The van der Waals surface area contributed by atoms with E-state index >= 15 is 0 Å². The summed E-state index contributed by atoms with van der Waals surface area (Å²) in [5, 5.41) is 9.28. The summed E-state index contributed by atoms with van der Waals surface area (Å²) in [6.07, 6.45) is 5.24. The van der Waals surface area contributed by atoms with Gasteiger partial charge in [-0.25, -0.2) is 0 Å². The molecule has 0 spiro atoms. The predicted molar refractivity (Wildman–Crippen MR) is 83.6 cm³/mol. The summed E-state index contributed by atoms with van der Waals surface area (Å²) < 4.78 is 0. The van der Waals surface area contributed by atoms with E-state index < -0.39 is 0 Å². The van der Waals surface area contributed by atoms with Crippen LogP contribution in [0.5, 0.6) is 0 Å². The number of carbonyl (C=O) groups excluding carboxylic acids is 1. The second-order valence-corrected chi connectivity index (χ2v) is 5.38. The average Bonchev–Trinajstić information content (AvgIpc) is 2.46. The third-order valence-electron chi connectivity index (χ3n) is 4.20. The van der Waals surface area contributed by atoms with Gasteiger partial charge in [0.1, 0.15) is 5.69 Å². The number of pyridine rings is 1. The molecule has 0 bridgehead atoms. The Balaban J connectivity index is 2.20. The van der Waals surface area contributed by atoms with Crippen molar-refractivity contribution < 1.29 is 9.90 Å². The van der Waals surface area contributed by atoms with Crippen LogP contribution in [-0.2, 0) is 0 Å². The zero-order chi connectivity index (χ0) is 15.2. The number of nitrogens with zero attached hydrogens (tertiary/aromatic N) is 3. The van der Waals surface area contributed by atoms with Gasteiger partial charge in [-0.05, 0) is 45.2 Å². The molecule has 0 unspecified atom stereocenters. The molecule has 0 radical (unpaired) electrons. The molecule has 116 valence electrons. The van der Waals surface area contributed by atoms with Crippen molar-refractivity contribution in [2.45, 2.75) is 39.2 Å². The summed E-state index contributed by atoms with van der Waals surface area (Å²) in [5.41, 5.74) is 1.47. The van der Waals surface area contributed by atoms with Gasteiger partial charge < -0.3 is 14.9 Å². The van der Waals surface area contributed by atoms with E-state index in [1.807, 2.05) is 26.0 Å². The van der Waals surface area contributed by atoms with Crippen molar-refractivity contribution in [2.75, 3.05) is 31.1 Å². The molecule has 5 heteroatoms. The molecule has 5 nitrogen and oxygen atoms in total. The molecule has 2 rings (SSSR count). The van der Waals surface area contributed by atoms with Crippen molar-refractivity contribution in [3.8, 4) is 0 Å². The molecule has 1 N–H and O–H groups in total. The minimum absolute atomic E-state index is 0.0283. The maximum absolute atomic E-state index is 12.4. The zero-order valence-electron chi connectivity index (χ0n) is 13.0. The molecule has 21 heavy (non-hydrogen) atoms. The van der Waals surface area contributed by atoms with Gasteiger partial charge in [0.15, 0.2) is 0 Å².